The molecule has 2 aromatic carbocycles. The van der Waals surface area contributed by atoms with Crippen molar-refractivity contribution in [3.8, 4) is 5.75 Å². The Balaban J connectivity index is 1.46. The van der Waals surface area contributed by atoms with Gasteiger partial charge in [0.2, 0.25) is 0 Å². The molecule has 154 valence electrons. The number of ether oxygens (including phenoxy) is 2. The van der Waals surface area contributed by atoms with E-state index in [1.165, 1.54) is 13.2 Å². The standard InChI is InChI=1S/C21H24ClN3O4/c1-28-18-8-7-16(22)13-17(18)24-21(27)20(26)23-9-10-25-11-12-29-19(14-25)15-5-3-2-4-6-15/h2-8,13,19H,9-12,14H2,1H3,(H,23,26)(H,24,27)/t19-/m1/s1. The van der Waals surface area contributed by atoms with Crippen molar-refractivity contribution in [2.24, 2.45) is 0 Å². The molecule has 0 bridgehead atoms. The van der Waals surface area contributed by atoms with Gasteiger partial charge in [0.25, 0.3) is 0 Å². The summed E-state index contributed by atoms with van der Waals surface area (Å²) in [7, 11) is 1.48. The highest BCUT2D eigenvalue weighted by atomic mass is 35.5. The van der Waals surface area contributed by atoms with E-state index in [4.69, 9.17) is 21.1 Å². The van der Waals surface area contributed by atoms with E-state index in [9.17, 15) is 9.59 Å². The second kappa shape index (κ2) is 10.2. The predicted molar refractivity (Wildman–Crippen MR) is 111 cm³/mol. The van der Waals surface area contributed by atoms with E-state index in [-0.39, 0.29) is 6.10 Å². The van der Waals surface area contributed by atoms with Crippen LogP contribution >= 0.6 is 11.6 Å². The number of halogens is 1. The highest BCUT2D eigenvalue weighted by Crippen LogP contribution is 2.27. The lowest BCUT2D eigenvalue weighted by molar-refractivity contribution is -0.136. The molecule has 1 aliphatic heterocycles. The lowest BCUT2D eigenvalue weighted by Crippen LogP contribution is -2.44. The summed E-state index contributed by atoms with van der Waals surface area (Å²) >= 11 is 5.94. The first-order valence-electron chi connectivity index (χ1n) is 9.38. The number of rotatable bonds is 6. The average molecular weight is 418 g/mol. The summed E-state index contributed by atoms with van der Waals surface area (Å²) in [6.07, 6.45) is 0.0132. The molecule has 0 spiro atoms. The number of carbonyl (C=O) groups excluding carboxylic acids is 2. The quantitative estimate of drug-likeness (QED) is 0.706. The van der Waals surface area contributed by atoms with Crippen molar-refractivity contribution in [1.29, 1.82) is 0 Å². The first-order valence-corrected chi connectivity index (χ1v) is 9.76. The van der Waals surface area contributed by atoms with Crippen LogP contribution in [0.5, 0.6) is 5.75 Å². The second-order valence-corrected chi connectivity index (χ2v) is 7.06. The molecule has 7 nitrogen and oxygen atoms in total. The molecule has 0 aliphatic carbocycles. The molecule has 1 saturated heterocycles. The topological polar surface area (TPSA) is 79.9 Å². The van der Waals surface area contributed by atoms with E-state index in [1.807, 2.05) is 30.3 Å². The summed E-state index contributed by atoms with van der Waals surface area (Å²) < 4.78 is 11.0. The van der Waals surface area contributed by atoms with Crippen LogP contribution in [0.4, 0.5) is 5.69 Å². The van der Waals surface area contributed by atoms with Gasteiger partial charge in [-0.15, -0.1) is 0 Å². The van der Waals surface area contributed by atoms with Gasteiger partial charge in [-0.05, 0) is 23.8 Å². The summed E-state index contributed by atoms with van der Waals surface area (Å²) in [4.78, 5) is 26.5. The lowest BCUT2D eigenvalue weighted by atomic mass is 10.1. The number of methoxy groups -OCH3 is 1. The molecule has 2 amide bonds. The zero-order chi connectivity index (χ0) is 20.6. The monoisotopic (exact) mass is 417 g/mol. The zero-order valence-electron chi connectivity index (χ0n) is 16.2. The Hall–Kier alpha value is -2.61. The van der Waals surface area contributed by atoms with Gasteiger partial charge in [-0.25, -0.2) is 0 Å². The van der Waals surface area contributed by atoms with Gasteiger partial charge in [-0.2, -0.15) is 0 Å². The van der Waals surface area contributed by atoms with Crippen molar-refractivity contribution < 1.29 is 19.1 Å². The van der Waals surface area contributed by atoms with Gasteiger partial charge in [-0.1, -0.05) is 41.9 Å². The van der Waals surface area contributed by atoms with E-state index in [1.54, 1.807) is 12.1 Å². The molecular weight excluding hydrogens is 394 g/mol. The molecule has 2 N–H and O–H groups in total. The minimum Gasteiger partial charge on any atom is -0.495 e. The Morgan fingerprint density at radius 3 is 2.76 bits per heavy atom. The smallest absolute Gasteiger partial charge is 0.313 e. The van der Waals surface area contributed by atoms with Gasteiger partial charge in [0.15, 0.2) is 0 Å². The van der Waals surface area contributed by atoms with Gasteiger partial charge in [-0.3, -0.25) is 14.5 Å². The van der Waals surface area contributed by atoms with Gasteiger partial charge in [0.05, 0.1) is 25.5 Å². The number of anilines is 1. The molecule has 0 unspecified atom stereocenters. The van der Waals surface area contributed by atoms with Crippen LogP contribution in [-0.2, 0) is 14.3 Å². The second-order valence-electron chi connectivity index (χ2n) is 6.63. The van der Waals surface area contributed by atoms with Crippen molar-refractivity contribution in [1.82, 2.24) is 10.2 Å². The summed E-state index contributed by atoms with van der Waals surface area (Å²) in [6, 6.07) is 14.8. The highest BCUT2D eigenvalue weighted by Gasteiger charge is 2.22. The van der Waals surface area contributed by atoms with E-state index in [0.29, 0.717) is 36.2 Å². The van der Waals surface area contributed by atoms with E-state index in [2.05, 4.69) is 15.5 Å². The van der Waals surface area contributed by atoms with Crippen LogP contribution in [0.3, 0.4) is 0 Å². The van der Waals surface area contributed by atoms with E-state index < -0.39 is 11.8 Å². The Labute approximate surface area is 174 Å². The van der Waals surface area contributed by atoms with Crippen LogP contribution < -0.4 is 15.4 Å². The number of nitrogens with zero attached hydrogens (tertiary/aromatic N) is 1. The third-order valence-electron chi connectivity index (χ3n) is 4.65. The Kier molecular flexibility index (Phi) is 7.46. The van der Waals surface area contributed by atoms with Crippen molar-refractivity contribution in [3.05, 3.63) is 59.1 Å². The Morgan fingerprint density at radius 2 is 2.00 bits per heavy atom. The summed E-state index contributed by atoms with van der Waals surface area (Å²) in [5.41, 5.74) is 1.48. The molecule has 0 radical (unpaired) electrons. The molecule has 29 heavy (non-hydrogen) atoms. The molecule has 1 fully saturated rings. The molecule has 8 heteroatoms. The van der Waals surface area contributed by atoms with E-state index in [0.717, 1.165) is 18.7 Å². The van der Waals surface area contributed by atoms with Crippen molar-refractivity contribution in [2.45, 2.75) is 6.10 Å². The van der Waals surface area contributed by atoms with Gasteiger partial charge < -0.3 is 20.1 Å². The molecule has 2 aromatic rings. The summed E-state index contributed by atoms with van der Waals surface area (Å²) in [6.45, 7) is 3.14. The highest BCUT2D eigenvalue weighted by molar-refractivity contribution is 6.40. The lowest BCUT2D eigenvalue weighted by Gasteiger charge is -2.33. The number of amides is 2. The first-order chi connectivity index (χ1) is 14.1. The predicted octanol–water partition coefficient (Wildman–Crippen LogP) is 2.48. The van der Waals surface area contributed by atoms with Crippen LogP contribution in [0, 0.1) is 0 Å². The van der Waals surface area contributed by atoms with Crippen LogP contribution in [0.2, 0.25) is 5.02 Å². The molecule has 1 aliphatic rings. The van der Waals surface area contributed by atoms with Crippen LogP contribution in [0.15, 0.2) is 48.5 Å². The number of morpholine rings is 1. The maximum Gasteiger partial charge on any atom is 0.313 e. The zero-order valence-corrected chi connectivity index (χ0v) is 16.9. The Bertz CT molecular complexity index is 847. The van der Waals surface area contributed by atoms with Crippen LogP contribution in [0.25, 0.3) is 0 Å². The Morgan fingerprint density at radius 1 is 1.21 bits per heavy atom. The summed E-state index contributed by atoms with van der Waals surface area (Å²) in [5.74, 6) is -1.05. The molecule has 3 rings (SSSR count). The first kappa shape index (κ1) is 21.1. The van der Waals surface area contributed by atoms with Crippen molar-refractivity contribution in [3.63, 3.8) is 0 Å². The number of carbonyl (C=O) groups is 2. The molecule has 0 aromatic heterocycles. The third kappa shape index (κ3) is 5.93. The SMILES string of the molecule is COc1ccc(Cl)cc1NC(=O)C(=O)NCCN1CCO[C@@H](c2ccccc2)C1. The number of benzene rings is 2. The minimum atomic E-state index is -0.769. The summed E-state index contributed by atoms with van der Waals surface area (Å²) in [5, 5.41) is 5.61. The van der Waals surface area contributed by atoms with Crippen LogP contribution in [-0.4, -0.2) is 56.6 Å². The minimum absolute atomic E-state index is 0.0132. The molecule has 1 heterocycles. The molecule has 1 atom stereocenters. The maximum atomic E-state index is 12.2. The largest absolute Gasteiger partial charge is 0.495 e. The molecular formula is C21H24ClN3O4. The van der Waals surface area contributed by atoms with E-state index >= 15 is 0 Å². The molecule has 0 saturated carbocycles. The van der Waals surface area contributed by atoms with Crippen molar-refractivity contribution in [2.75, 3.05) is 45.2 Å². The number of hydrogen-bond acceptors (Lipinski definition) is 5. The number of hydrogen-bond donors (Lipinski definition) is 2. The van der Waals surface area contributed by atoms with Gasteiger partial charge in [0, 0.05) is 31.2 Å². The van der Waals surface area contributed by atoms with Crippen LogP contribution in [0.1, 0.15) is 11.7 Å². The fourth-order valence-corrected chi connectivity index (χ4v) is 3.31. The third-order valence-corrected chi connectivity index (χ3v) is 4.89. The van der Waals surface area contributed by atoms with Gasteiger partial charge in [0.1, 0.15) is 5.75 Å². The normalized spacial score (nSPS) is 16.8. The van der Waals surface area contributed by atoms with Crippen molar-refractivity contribution >= 4 is 29.1 Å². The average Bonchev–Trinajstić information content (AvgIpc) is 2.74. The fraction of sp³-hybridized carbons (Fsp3) is 0.333. The van der Waals surface area contributed by atoms with Gasteiger partial charge >= 0.3 is 11.8 Å². The maximum absolute atomic E-state index is 12.2. The number of nitrogens with one attached hydrogen (secondary N) is 2. The fourth-order valence-electron chi connectivity index (χ4n) is 3.14.